The molecule has 4 heterocycles. The number of carbonyl (C=O) groups excluding carboxylic acids is 2. The van der Waals surface area contributed by atoms with Gasteiger partial charge < -0.3 is 19.9 Å². The minimum atomic E-state index is -3.46. The van der Waals surface area contributed by atoms with Crippen molar-refractivity contribution in [1.82, 2.24) is 25.1 Å². The van der Waals surface area contributed by atoms with Gasteiger partial charge in [0.1, 0.15) is 17.5 Å². The van der Waals surface area contributed by atoms with E-state index < -0.39 is 29.6 Å². The number of pyridine rings is 2. The summed E-state index contributed by atoms with van der Waals surface area (Å²) in [5, 5.41) is 9.65. The van der Waals surface area contributed by atoms with Crippen molar-refractivity contribution in [2.45, 2.75) is 26.3 Å². The van der Waals surface area contributed by atoms with Crippen molar-refractivity contribution in [3.8, 4) is 22.7 Å². The highest BCUT2D eigenvalue weighted by atomic mass is 19.3. The van der Waals surface area contributed by atoms with Crippen LogP contribution in [-0.4, -0.2) is 50.0 Å². The first kappa shape index (κ1) is 25.8. The van der Waals surface area contributed by atoms with Crippen molar-refractivity contribution in [1.29, 1.82) is 0 Å². The summed E-state index contributed by atoms with van der Waals surface area (Å²) < 4.78 is 37.8. The lowest BCUT2D eigenvalue weighted by Crippen LogP contribution is -2.19. The Morgan fingerprint density at radius 3 is 2.59 bits per heavy atom. The first-order chi connectivity index (χ1) is 18.7. The quantitative estimate of drug-likeness (QED) is 0.320. The van der Waals surface area contributed by atoms with Crippen molar-refractivity contribution in [2.75, 3.05) is 17.7 Å². The van der Waals surface area contributed by atoms with Gasteiger partial charge in [0.05, 0.1) is 29.9 Å². The zero-order valence-electron chi connectivity index (χ0n) is 21.1. The molecular formula is C26H23F2N7O4. The Kier molecular flexibility index (Phi) is 6.73. The number of carbonyl (C=O) groups is 2. The molecule has 0 spiro atoms. The first-order valence-corrected chi connectivity index (χ1v) is 11.9. The summed E-state index contributed by atoms with van der Waals surface area (Å²) in [5.74, 6) is -8.37. The van der Waals surface area contributed by atoms with Crippen molar-refractivity contribution in [3.05, 3.63) is 65.9 Å². The number of alkyl halides is 2. The maximum Gasteiger partial charge on any atom is 0.315 e. The molecule has 0 unspecified atom stereocenters. The average molecular weight is 536 g/mol. The molecule has 1 saturated carbocycles. The number of nitrogens with one attached hydrogen (secondary N) is 2. The predicted molar refractivity (Wildman–Crippen MR) is 134 cm³/mol. The standard InChI is InChI=1S/C26H23F2N7O4/c1-13-16(12-31-25-30-10-8-18(34-25)15-5-4-9-29-11-15)22(39-35-13)19-7-6-17(14(2)32-19)33-23(36)20-21(24(37)38-3)26(20,27)28/h4-11,20-21H,12H2,1-3H3,(H,33,36)(H,30,31,34)/t20-,21-/m0/s1. The highest BCUT2D eigenvalue weighted by molar-refractivity contribution is 6.00. The van der Waals surface area contributed by atoms with Gasteiger partial charge in [0.2, 0.25) is 11.9 Å². The summed E-state index contributed by atoms with van der Waals surface area (Å²) in [6.45, 7) is 3.68. The lowest BCUT2D eigenvalue weighted by molar-refractivity contribution is -0.144. The van der Waals surface area contributed by atoms with Gasteiger partial charge in [0.25, 0.3) is 5.92 Å². The third kappa shape index (κ3) is 5.02. The molecule has 11 nitrogen and oxygen atoms in total. The highest BCUT2D eigenvalue weighted by Crippen LogP contribution is 2.56. The fourth-order valence-corrected chi connectivity index (χ4v) is 4.19. The van der Waals surface area contributed by atoms with Crippen LogP contribution in [0.4, 0.5) is 20.4 Å². The Bertz CT molecular complexity index is 1540. The van der Waals surface area contributed by atoms with Crippen molar-refractivity contribution < 1.29 is 27.6 Å². The number of nitrogens with zero attached hydrogens (tertiary/aromatic N) is 5. The van der Waals surface area contributed by atoms with Crippen LogP contribution in [0.5, 0.6) is 0 Å². The molecule has 0 radical (unpaired) electrons. The van der Waals surface area contributed by atoms with E-state index >= 15 is 0 Å². The third-order valence-electron chi connectivity index (χ3n) is 6.39. The van der Waals surface area contributed by atoms with E-state index in [0.29, 0.717) is 40.0 Å². The molecule has 4 aromatic heterocycles. The van der Waals surface area contributed by atoms with E-state index in [0.717, 1.165) is 12.7 Å². The van der Waals surface area contributed by atoms with Gasteiger partial charge in [-0.05, 0) is 44.2 Å². The van der Waals surface area contributed by atoms with Crippen LogP contribution < -0.4 is 10.6 Å². The zero-order valence-corrected chi connectivity index (χ0v) is 21.1. The van der Waals surface area contributed by atoms with Gasteiger partial charge in [0, 0.05) is 36.3 Å². The topological polar surface area (TPSA) is 145 Å². The second-order valence-electron chi connectivity index (χ2n) is 8.91. The molecule has 1 aliphatic rings. The van der Waals surface area contributed by atoms with Crippen molar-refractivity contribution in [3.63, 3.8) is 0 Å². The number of hydrogen-bond acceptors (Lipinski definition) is 10. The SMILES string of the molecule is COC(=O)[C@@H]1[C@@H](C(=O)Nc2ccc(-c3onc(C)c3CNc3nccc(-c4cccnc4)n3)nc2C)C1(F)F. The van der Waals surface area contributed by atoms with Gasteiger partial charge in [-0.3, -0.25) is 14.6 Å². The molecule has 2 atom stereocenters. The average Bonchev–Trinajstić information content (AvgIpc) is 3.34. The molecule has 39 heavy (non-hydrogen) atoms. The summed E-state index contributed by atoms with van der Waals surface area (Å²) in [4.78, 5) is 41.4. The second kappa shape index (κ2) is 10.2. The molecule has 2 N–H and O–H groups in total. The molecule has 1 fully saturated rings. The zero-order chi connectivity index (χ0) is 27.7. The fourth-order valence-electron chi connectivity index (χ4n) is 4.19. The molecule has 4 aromatic rings. The van der Waals surface area contributed by atoms with Gasteiger partial charge in [-0.15, -0.1) is 0 Å². The fraction of sp³-hybridized carbons (Fsp3) is 0.269. The Hall–Kier alpha value is -4.81. The molecule has 1 amide bonds. The number of hydrogen-bond donors (Lipinski definition) is 2. The number of methoxy groups -OCH3 is 1. The summed E-state index contributed by atoms with van der Waals surface area (Å²) in [7, 11) is 1.00. The molecule has 0 saturated heterocycles. The van der Waals surface area contributed by atoms with Gasteiger partial charge in [-0.1, -0.05) is 5.16 Å². The van der Waals surface area contributed by atoms with Crippen LogP contribution >= 0.6 is 0 Å². The number of rotatable bonds is 8. The lowest BCUT2D eigenvalue weighted by atomic mass is 10.1. The largest absolute Gasteiger partial charge is 0.469 e. The number of halogens is 2. The Morgan fingerprint density at radius 1 is 1.05 bits per heavy atom. The monoisotopic (exact) mass is 535 g/mol. The van der Waals surface area contributed by atoms with E-state index in [2.05, 4.69) is 40.5 Å². The van der Waals surface area contributed by atoms with Gasteiger partial charge in [-0.25, -0.2) is 23.7 Å². The number of anilines is 2. The Morgan fingerprint density at radius 2 is 1.87 bits per heavy atom. The smallest absolute Gasteiger partial charge is 0.315 e. The minimum Gasteiger partial charge on any atom is -0.469 e. The molecule has 0 bridgehead atoms. The van der Waals surface area contributed by atoms with E-state index in [1.54, 1.807) is 44.6 Å². The number of aromatic nitrogens is 5. The molecule has 200 valence electrons. The summed E-state index contributed by atoms with van der Waals surface area (Å²) >= 11 is 0. The van der Waals surface area contributed by atoms with Gasteiger partial charge >= 0.3 is 5.97 Å². The summed E-state index contributed by atoms with van der Waals surface area (Å²) in [5.41, 5.74) is 3.92. The van der Waals surface area contributed by atoms with Crippen molar-refractivity contribution in [2.24, 2.45) is 11.8 Å². The Labute approximate surface area is 221 Å². The number of esters is 1. The summed E-state index contributed by atoms with van der Waals surface area (Å²) in [6, 6.07) is 8.61. The van der Waals surface area contributed by atoms with E-state index in [4.69, 9.17) is 4.52 Å². The Balaban J connectivity index is 1.30. The highest BCUT2D eigenvalue weighted by Gasteiger charge is 2.76. The van der Waals surface area contributed by atoms with Crippen LogP contribution in [0, 0.1) is 25.7 Å². The van der Waals surface area contributed by atoms with Crippen LogP contribution in [0.2, 0.25) is 0 Å². The van der Waals surface area contributed by atoms with Crippen LogP contribution in [0.25, 0.3) is 22.7 Å². The molecule has 13 heteroatoms. The maximum atomic E-state index is 14.0. The van der Waals surface area contributed by atoms with Crippen LogP contribution in [0.3, 0.4) is 0 Å². The number of ether oxygens (including phenoxy) is 1. The second-order valence-corrected chi connectivity index (χ2v) is 8.91. The minimum absolute atomic E-state index is 0.228. The normalized spacial score (nSPS) is 17.4. The predicted octanol–water partition coefficient (Wildman–Crippen LogP) is 3.81. The third-order valence-corrected chi connectivity index (χ3v) is 6.39. The molecule has 1 aliphatic carbocycles. The van der Waals surface area contributed by atoms with Gasteiger partial charge in [0.15, 0.2) is 5.76 Å². The van der Waals surface area contributed by atoms with E-state index in [1.165, 1.54) is 6.07 Å². The lowest BCUT2D eigenvalue weighted by Gasteiger charge is -2.10. The van der Waals surface area contributed by atoms with Crippen LogP contribution in [-0.2, 0) is 20.9 Å². The van der Waals surface area contributed by atoms with Gasteiger partial charge in [-0.2, -0.15) is 0 Å². The van der Waals surface area contributed by atoms with E-state index in [1.807, 2.05) is 12.1 Å². The maximum absolute atomic E-state index is 14.0. The molecule has 5 rings (SSSR count). The summed E-state index contributed by atoms with van der Waals surface area (Å²) in [6.07, 6.45) is 5.03. The molecule has 0 aliphatic heterocycles. The number of amides is 1. The van der Waals surface area contributed by atoms with Crippen molar-refractivity contribution >= 4 is 23.5 Å². The number of aryl methyl sites for hydroxylation is 2. The first-order valence-electron chi connectivity index (χ1n) is 11.9. The van der Waals surface area contributed by atoms with E-state index in [-0.39, 0.29) is 12.2 Å². The van der Waals surface area contributed by atoms with Crippen LogP contribution in [0.1, 0.15) is 17.0 Å². The molecule has 0 aromatic carbocycles. The molecular weight excluding hydrogens is 512 g/mol. The van der Waals surface area contributed by atoms with Crippen LogP contribution in [0.15, 0.2) is 53.4 Å². The van der Waals surface area contributed by atoms with E-state index in [9.17, 15) is 18.4 Å².